The Morgan fingerprint density at radius 2 is 1.92 bits per heavy atom. The first-order valence-electron chi connectivity index (χ1n) is 9.14. The lowest BCUT2D eigenvalue weighted by Gasteiger charge is -2.33. The van der Waals surface area contributed by atoms with Gasteiger partial charge in [-0.25, -0.2) is 0 Å². The van der Waals surface area contributed by atoms with E-state index in [9.17, 15) is 14.7 Å². The number of amides is 2. The highest BCUT2D eigenvalue weighted by Gasteiger charge is 2.40. The second-order valence-electron chi connectivity index (χ2n) is 7.30. The molecule has 7 nitrogen and oxygen atoms in total. The second-order valence-corrected chi connectivity index (χ2v) is 7.30. The summed E-state index contributed by atoms with van der Waals surface area (Å²) in [5.74, 6) is 0.0479. The van der Waals surface area contributed by atoms with Crippen molar-refractivity contribution in [2.75, 3.05) is 59.0 Å². The van der Waals surface area contributed by atoms with Crippen LogP contribution in [0.3, 0.4) is 0 Å². The molecule has 2 amide bonds. The topological polar surface area (TPSA) is 73.3 Å². The van der Waals surface area contributed by atoms with Crippen LogP contribution in [0.25, 0.3) is 0 Å². The van der Waals surface area contributed by atoms with E-state index in [2.05, 4.69) is 4.90 Å². The minimum atomic E-state index is -0.838. The monoisotopic (exact) mass is 339 g/mol. The average Bonchev–Trinajstić information content (AvgIpc) is 2.84. The largest absolute Gasteiger partial charge is 0.387 e. The molecule has 24 heavy (non-hydrogen) atoms. The maximum Gasteiger partial charge on any atom is 0.242 e. The number of carbonyl (C=O) groups excluding carboxylic acids is 2. The molecule has 3 rings (SSSR count). The van der Waals surface area contributed by atoms with Crippen molar-refractivity contribution in [2.45, 2.75) is 37.7 Å². The number of aliphatic hydroxyl groups is 1. The molecule has 1 unspecified atom stereocenters. The van der Waals surface area contributed by atoms with Gasteiger partial charge in [-0.3, -0.25) is 14.5 Å². The smallest absolute Gasteiger partial charge is 0.242 e. The van der Waals surface area contributed by atoms with E-state index in [0.29, 0.717) is 52.2 Å². The van der Waals surface area contributed by atoms with Crippen molar-refractivity contribution >= 4 is 11.8 Å². The van der Waals surface area contributed by atoms with Crippen LogP contribution in [0.5, 0.6) is 0 Å². The Kier molecular flexibility index (Phi) is 5.73. The molecule has 7 heteroatoms. The minimum absolute atomic E-state index is 0.0387. The van der Waals surface area contributed by atoms with Gasteiger partial charge in [0.1, 0.15) is 0 Å². The summed E-state index contributed by atoms with van der Waals surface area (Å²) in [5.41, 5.74) is -0.838. The molecule has 0 bridgehead atoms. The number of hydrogen-bond acceptors (Lipinski definition) is 5. The van der Waals surface area contributed by atoms with Gasteiger partial charge >= 0.3 is 0 Å². The van der Waals surface area contributed by atoms with E-state index in [1.807, 2.05) is 0 Å². The molecular weight excluding hydrogens is 310 g/mol. The van der Waals surface area contributed by atoms with Crippen molar-refractivity contribution in [1.29, 1.82) is 0 Å². The molecule has 136 valence electrons. The van der Waals surface area contributed by atoms with Gasteiger partial charge in [-0.1, -0.05) is 6.42 Å². The highest BCUT2D eigenvalue weighted by molar-refractivity contribution is 5.85. The van der Waals surface area contributed by atoms with Crippen LogP contribution in [0.1, 0.15) is 32.1 Å². The van der Waals surface area contributed by atoms with Crippen LogP contribution in [-0.2, 0) is 14.3 Å². The van der Waals surface area contributed by atoms with Gasteiger partial charge in [0, 0.05) is 39.1 Å². The molecule has 3 heterocycles. The molecule has 1 atom stereocenters. The predicted molar refractivity (Wildman–Crippen MR) is 88.5 cm³/mol. The molecule has 0 aromatic carbocycles. The number of ether oxygens (including phenoxy) is 1. The normalized spacial score (nSPS) is 29.8. The minimum Gasteiger partial charge on any atom is -0.387 e. The molecule has 0 aromatic rings. The summed E-state index contributed by atoms with van der Waals surface area (Å²) in [7, 11) is 0. The Labute approximate surface area is 143 Å². The SMILES string of the molecule is O=C1CCCCCN1CC(=O)N1CCC(O)(CN2CCOCC2)C1. The zero-order valence-electron chi connectivity index (χ0n) is 14.4. The number of morpholine rings is 1. The first-order chi connectivity index (χ1) is 11.6. The Balaban J connectivity index is 1.50. The summed E-state index contributed by atoms with van der Waals surface area (Å²) < 4.78 is 5.34. The molecule has 0 aromatic heterocycles. The van der Waals surface area contributed by atoms with Gasteiger partial charge in [0.15, 0.2) is 0 Å². The zero-order valence-corrected chi connectivity index (χ0v) is 14.4. The highest BCUT2D eigenvalue weighted by atomic mass is 16.5. The Hall–Kier alpha value is -1.18. The van der Waals surface area contributed by atoms with Crippen LogP contribution in [0.4, 0.5) is 0 Å². The Morgan fingerprint density at radius 1 is 1.12 bits per heavy atom. The molecule has 3 saturated heterocycles. The molecule has 3 aliphatic heterocycles. The number of carbonyl (C=O) groups is 2. The molecule has 0 saturated carbocycles. The van der Waals surface area contributed by atoms with Gasteiger partial charge in [-0.05, 0) is 19.3 Å². The number of β-amino-alcohol motifs (C(OH)–C–C–N with tert-alkyl or cyclic N) is 1. The van der Waals surface area contributed by atoms with E-state index in [4.69, 9.17) is 4.74 Å². The van der Waals surface area contributed by atoms with Gasteiger partial charge < -0.3 is 19.6 Å². The third-order valence-corrected chi connectivity index (χ3v) is 5.30. The summed E-state index contributed by atoms with van der Waals surface area (Å²) in [4.78, 5) is 30.2. The molecular formula is C17H29N3O4. The molecule has 0 spiro atoms. The van der Waals surface area contributed by atoms with E-state index in [1.54, 1.807) is 9.80 Å². The van der Waals surface area contributed by atoms with E-state index in [-0.39, 0.29) is 18.4 Å². The van der Waals surface area contributed by atoms with E-state index >= 15 is 0 Å². The number of rotatable bonds is 4. The highest BCUT2D eigenvalue weighted by Crippen LogP contribution is 2.23. The fraction of sp³-hybridized carbons (Fsp3) is 0.882. The number of likely N-dealkylation sites (tertiary alicyclic amines) is 2. The fourth-order valence-corrected chi connectivity index (χ4v) is 3.84. The van der Waals surface area contributed by atoms with Gasteiger partial charge in [-0.15, -0.1) is 0 Å². The van der Waals surface area contributed by atoms with E-state index in [0.717, 1.165) is 32.4 Å². The van der Waals surface area contributed by atoms with Crippen molar-refractivity contribution in [3.8, 4) is 0 Å². The Bertz CT molecular complexity index is 467. The lowest BCUT2D eigenvalue weighted by atomic mass is 10.0. The van der Waals surface area contributed by atoms with Gasteiger partial charge in [-0.2, -0.15) is 0 Å². The summed E-state index contributed by atoms with van der Waals surface area (Å²) in [6.45, 7) is 5.43. The first kappa shape index (κ1) is 17.6. The summed E-state index contributed by atoms with van der Waals surface area (Å²) in [5, 5.41) is 10.8. The molecule has 0 aliphatic carbocycles. The maximum absolute atomic E-state index is 12.5. The fourth-order valence-electron chi connectivity index (χ4n) is 3.84. The summed E-state index contributed by atoms with van der Waals surface area (Å²) >= 11 is 0. The summed E-state index contributed by atoms with van der Waals surface area (Å²) in [6.07, 6.45) is 4.10. The van der Waals surface area contributed by atoms with Crippen molar-refractivity contribution in [3.05, 3.63) is 0 Å². The van der Waals surface area contributed by atoms with Gasteiger partial charge in [0.25, 0.3) is 0 Å². The summed E-state index contributed by atoms with van der Waals surface area (Å²) in [6, 6.07) is 0. The van der Waals surface area contributed by atoms with Gasteiger partial charge in [0.05, 0.1) is 31.9 Å². The van der Waals surface area contributed by atoms with Gasteiger partial charge in [0.2, 0.25) is 11.8 Å². The lowest BCUT2D eigenvalue weighted by Crippen LogP contribution is -2.50. The van der Waals surface area contributed by atoms with Crippen molar-refractivity contribution < 1.29 is 19.4 Å². The second kappa shape index (κ2) is 7.80. The Morgan fingerprint density at radius 3 is 2.71 bits per heavy atom. The quantitative estimate of drug-likeness (QED) is 0.760. The first-order valence-corrected chi connectivity index (χ1v) is 9.14. The van der Waals surface area contributed by atoms with E-state index < -0.39 is 5.60 Å². The lowest BCUT2D eigenvalue weighted by molar-refractivity contribution is -0.140. The molecule has 3 fully saturated rings. The zero-order chi connectivity index (χ0) is 17.0. The third-order valence-electron chi connectivity index (χ3n) is 5.30. The van der Waals surface area contributed by atoms with Crippen LogP contribution in [-0.4, -0.2) is 96.2 Å². The van der Waals surface area contributed by atoms with Crippen LogP contribution < -0.4 is 0 Å². The number of hydrogen-bond donors (Lipinski definition) is 1. The third kappa shape index (κ3) is 4.46. The van der Waals surface area contributed by atoms with Crippen LogP contribution >= 0.6 is 0 Å². The van der Waals surface area contributed by atoms with Crippen molar-refractivity contribution in [1.82, 2.24) is 14.7 Å². The predicted octanol–water partition coefficient (Wildman–Crippen LogP) is -0.315. The molecule has 0 radical (unpaired) electrons. The number of nitrogens with zero attached hydrogens (tertiary/aromatic N) is 3. The van der Waals surface area contributed by atoms with Crippen LogP contribution in [0, 0.1) is 0 Å². The maximum atomic E-state index is 12.5. The molecule has 3 aliphatic rings. The van der Waals surface area contributed by atoms with Crippen LogP contribution in [0.15, 0.2) is 0 Å². The molecule has 1 N–H and O–H groups in total. The van der Waals surface area contributed by atoms with Crippen molar-refractivity contribution in [3.63, 3.8) is 0 Å². The standard InChI is InChI=1S/C17H29N3O4/c21-15-4-2-1-3-6-19(15)12-16(22)20-7-5-17(23,14-20)13-18-8-10-24-11-9-18/h23H,1-14H2. The van der Waals surface area contributed by atoms with Crippen molar-refractivity contribution in [2.24, 2.45) is 0 Å². The van der Waals surface area contributed by atoms with E-state index in [1.165, 1.54) is 0 Å². The van der Waals surface area contributed by atoms with Crippen LogP contribution in [0.2, 0.25) is 0 Å². The average molecular weight is 339 g/mol.